The zero-order valence-corrected chi connectivity index (χ0v) is 12.5. The fourth-order valence-corrected chi connectivity index (χ4v) is 2.62. The minimum absolute atomic E-state index is 0.0852. The molecule has 22 heavy (non-hydrogen) atoms. The number of para-hydroxylation sites is 1. The number of hydrogen-bond acceptors (Lipinski definition) is 3. The van der Waals surface area contributed by atoms with Gasteiger partial charge in [0.1, 0.15) is 6.29 Å². The first kappa shape index (κ1) is 14.1. The molecule has 110 valence electrons. The average Bonchev–Trinajstić information content (AvgIpc) is 2.79. The molecule has 4 nitrogen and oxygen atoms in total. The number of fused-ring (bicyclic) bond motifs is 1. The molecule has 0 fully saturated rings. The van der Waals surface area contributed by atoms with Gasteiger partial charge in [0.25, 0.3) is 5.91 Å². The van der Waals surface area contributed by atoms with E-state index in [0.717, 1.165) is 17.5 Å². The molecular formula is C18H16N2O2. The molecule has 0 aromatic heterocycles. The van der Waals surface area contributed by atoms with Gasteiger partial charge < -0.3 is 4.90 Å². The second kappa shape index (κ2) is 5.48. The summed E-state index contributed by atoms with van der Waals surface area (Å²) in [4.78, 5) is 27.3. The standard InChI is InChI=1S/C18H16N2O2/c1-19(2)11-16-15-8-3-4-9-17(15)20(18(16)22)14-7-5-6-13(10-14)12-21/h3-12H,1-2H3/b16-11-. The van der Waals surface area contributed by atoms with Crippen LogP contribution in [0.25, 0.3) is 5.57 Å². The van der Waals surface area contributed by atoms with Crippen LogP contribution in [0.5, 0.6) is 0 Å². The average molecular weight is 292 g/mol. The van der Waals surface area contributed by atoms with Crippen molar-refractivity contribution in [2.75, 3.05) is 19.0 Å². The second-order valence-corrected chi connectivity index (χ2v) is 5.38. The third-order valence-electron chi connectivity index (χ3n) is 3.52. The molecule has 0 bridgehead atoms. The highest BCUT2D eigenvalue weighted by atomic mass is 16.2. The Bertz CT molecular complexity index is 778. The summed E-state index contributed by atoms with van der Waals surface area (Å²) in [6.07, 6.45) is 2.61. The van der Waals surface area contributed by atoms with Crippen molar-refractivity contribution in [1.29, 1.82) is 0 Å². The van der Waals surface area contributed by atoms with Gasteiger partial charge in [-0.05, 0) is 18.2 Å². The molecule has 1 aliphatic heterocycles. The Kier molecular flexibility index (Phi) is 3.51. The zero-order chi connectivity index (χ0) is 15.7. The van der Waals surface area contributed by atoms with Crippen LogP contribution in [0.3, 0.4) is 0 Å². The number of carbonyl (C=O) groups is 2. The fraction of sp³-hybridized carbons (Fsp3) is 0.111. The molecule has 1 amide bonds. The van der Waals surface area contributed by atoms with E-state index in [2.05, 4.69) is 0 Å². The predicted octanol–water partition coefficient (Wildman–Crippen LogP) is 3.08. The minimum Gasteiger partial charge on any atom is -0.383 e. The highest BCUT2D eigenvalue weighted by Gasteiger charge is 2.33. The maximum absolute atomic E-state index is 12.8. The van der Waals surface area contributed by atoms with Crippen LogP contribution in [0.1, 0.15) is 15.9 Å². The number of hydrogen-bond donors (Lipinski definition) is 0. The summed E-state index contributed by atoms with van der Waals surface area (Å²) in [6.45, 7) is 0. The molecule has 3 rings (SSSR count). The highest BCUT2D eigenvalue weighted by molar-refractivity contribution is 6.34. The second-order valence-electron chi connectivity index (χ2n) is 5.38. The van der Waals surface area contributed by atoms with Gasteiger partial charge in [0.2, 0.25) is 0 Å². The SMILES string of the molecule is CN(C)/C=C1\C(=O)N(c2cccc(C=O)c2)c2ccccc21. The van der Waals surface area contributed by atoms with Crippen LogP contribution < -0.4 is 4.90 Å². The van der Waals surface area contributed by atoms with Gasteiger partial charge in [0.15, 0.2) is 0 Å². The van der Waals surface area contributed by atoms with Crippen molar-refractivity contribution in [3.05, 3.63) is 65.9 Å². The van der Waals surface area contributed by atoms with Crippen molar-refractivity contribution in [3.8, 4) is 0 Å². The van der Waals surface area contributed by atoms with Gasteiger partial charge in [-0.2, -0.15) is 0 Å². The Morgan fingerprint density at radius 2 is 1.82 bits per heavy atom. The van der Waals surface area contributed by atoms with Crippen LogP contribution in [-0.4, -0.2) is 31.2 Å². The Labute approximate surface area is 129 Å². The van der Waals surface area contributed by atoms with Crippen LogP contribution >= 0.6 is 0 Å². The molecule has 2 aromatic rings. The first-order chi connectivity index (χ1) is 10.6. The van der Waals surface area contributed by atoms with E-state index >= 15 is 0 Å². The van der Waals surface area contributed by atoms with Crippen molar-refractivity contribution in [3.63, 3.8) is 0 Å². The van der Waals surface area contributed by atoms with Crippen LogP contribution in [-0.2, 0) is 4.79 Å². The molecule has 0 atom stereocenters. The van der Waals surface area contributed by atoms with Gasteiger partial charge in [-0.15, -0.1) is 0 Å². The molecule has 0 aliphatic carbocycles. The van der Waals surface area contributed by atoms with E-state index in [-0.39, 0.29) is 5.91 Å². The molecule has 0 saturated carbocycles. The van der Waals surface area contributed by atoms with E-state index in [9.17, 15) is 9.59 Å². The first-order valence-corrected chi connectivity index (χ1v) is 6.99. The van der Waals surface area contributed by atoms with Gasteiger partial charge in [0.05, 0.1) is 11.3 Å². The molecule has 0 radical (unpaired) electrons. The summed E-state index contributed by atoms with van der Waals surface area (Å²) >= 11 is 0. The lowest BCUT2D eigenvalue weighted by atomic mass is 10.1. The molecule has 0 unspecified atom stereocenters. The van der Waals surface area contributed by atoms with Crippen molar-refractivity contribution >= 4 is 29.1 Å². The summed E-state index contributed by atoms with van der Waals surface area (Å²) in [6, 6.07) is 14.7. The lowest BCUT2D eigenvalue weighted by Gasteiger charge is -2.17. The summed E-state index contributed by atoms with van der Waals surface area (Å²) < 4.78 is 0. The van der Waals surface area contributed by atoms with E-state index in [1.165, 1.54) is 0 Å². The van der Waals surface area contributed by atoms with Crippen molar-refractivity contribution in [1.82, 2.24) is 4.90 Å². The molecule has 0 saturated heterocycles. The molecule has 0 spiro atoms. The molecule has 2 aromatic carbocycles. The monoisotopic (exact) mass is 292 g/mol. The Hall–Kier alpha value is -2.88. The number of rotatable bonds is 3. The maximum Gasteiger partial charge on any atom is 0.265 e. The van der Waals surface area contributed by atoms with E-state index in [1.54, 1.807) is 23.1 Å². The molecule has 1 aliphatic rings. The molecular weight excluding hydrogens is 276 g/mol. The van der Waals surface area contributed by atoms with Gasteiger partial charge in [0, 0.05) is 37.1 Å². The largest absolute Gasteiger partial charge is 0.383 e. The summed E-state index contributed by atoms with van der Waals surface area (Å²) in [5, 5.41) is 0. The predicted molar refractivity (Wildman–Crippen MR) is 87.1 cm³/mol. The number of benzene rings is 2. The summed E-state index contributed by atoms with van der Waals surface area (Å²) in [7, 11) is 3.77. The number of anilines is 2. The quantitative estimate of drug-likeness (QED) is 0.645. The van der Waals surface area contributed by atoms with Crippen LogP contribution in [0.4, 0.5) is 11.4 Å². The van der Waals surface area contributed by atoms with E-state index in [0.29, 0.717) is 16.8 Å². The van der Waals surface area contributed by atoms with Gasteiger partial charge in [-0.1, -0.05) is 30.3 Å². The Morgan fingerprint density at radius 1 is 1.05 bits per heavy atom. The minimum atomic E-state index is -0.0852. The van der Waals surface area contributed by atoms with Crippen molar-refractivity contribution in [2.24, 2.45) is 0 Å². The number of aldehydes is 1. The van der Waals surface area contributed by atoms with Crippen LogP contribution in [0.2, 0.25) is 0 Å². The smallest absolute Gasteiger partial charge is 0.265 e. The third kappa shape index (κ3) is 2.29. The molecule has 1 heterocycles. The van der Waals surface area contributed by atoms with Gasteiger partial charge in [-0.25, -0.2) is 0 Å². The molecule has 0 N–H and O–H groups in total. The highest BCUT2D eigenvalue weighted by Crippen LogP contribution is 2.41. The van der Waals surface area contributed by atoms with E-state index in [1.807, 2.05) is 55.5 Å². The third-order valence-corrected chi connectivity index (χ3v) is 3.52. The van der Waals surface area contributed by atoms with Crippen LogP contribution in [0, 0.1) is 0 Å². The van der Waals surface area contributed by atoms with Crippen molar-refractivity contribution in [2.45, 2.75) is 0 Å². The van der Waals surface area contributed by atoms with Gasteiger partial charge in [-0.3, -0.25) is 14.5 Å². The van der Waals surface area contributed by atoms with Crippen LogP contribution in [0.15, 0.2) is 54.7 Å². The topological polar surface area (TPSA) is 40.6 Å². The van der Waals surface area contributed by atoms with E-state index in [4.69, 9.17) is 0 Å². The zero-order valence-electron chi connectivity index (χ0n) is 12.5. The number of amides is 1. The molecule has 4 heteroatoms. The lowest BCUT2D eigenvalue weighted by Crippen LogP contribution is -2.21. The van der Waals surface area contributed by atoms with Crippen molar-refractivity contribution < 1.29 is 9.59 Å². The Morgan fingerprint density at radius 3 is 2.55 bits per heavy atom. The first-order valence-electron chi connectivity index (χ1n) is 6.99. The van der Waals surface area contributed by atoms with Gasteiger partial charge >= 0.3 is 0 Å². The normalized spacial score (nSPS) is 15.1. The summed E-state index contributed by atoms with van der Waals surface area (Å²) in [5.74, 6) is -0.0852. The Balaban J connectivity index is 2.17. The number of nitrogens with zero attached hydrogens (tertiary/aromatic N) is 2. The fourth-order valence-electron chi connectivity index (χ4n) is 2.62. The lowest BCUT2D eigenvalue weighted by molar-refractivity contribution is -0.112. The van der Waals surface area contributed by atoms with E-state index < -0.39 is 0 Å². The maximum atomic E-state index is 12.8. The summed E-state index contributed by atoms with van der Waals surface area (Å²) in [5.41, 5.74) is 3.63. The number of carbonyl (C=O) groups excluding carboxylic acids is 2.